The SMILES string of the molecule is Cc1cccc(Oc2nccc(C)c2Br)c1C. The molecule has 0 fully saturated rings. The summed E-state index contributed by atoms with van der Waals surface area (Å²) in [6, 6.07) is 7.96. The molecule has 0 unspecified atom stereocenters. The molecule has 0 spiro atoms. The highest BCUT2D eigenvalue weighted by molar-refractivity contribution is 9.10. The van der Waals surface area contributed by atoms with Crippen LogP contribution in [0, 0.1) is 20.8 Å². The minimum absolute atomic E-state index is 0.610. The molecule has 0 saturated carbocycles. The van der Waals surface area contributed by atoms with Crippen LogP contribution in [0.3, 0.4) is 0 Å². The zero-order valence-electron chi connectivity index (χ0n) is 10.1. The van der Waals surface area contributed by atoms with Crippen LogP contribution >= 0.6 is 15.9 Å². The van der Waals surface area contributed by atoms with Crippen molar-refractivity contribution in [2.45, 2.75) is 20.8 Å². The van der Waals surface area contributed by atoms with Crippen LogP contribution in [0.2, 0.25) is 0 Å². The van der Waals surface area contributed by atoms with Crippen LogP contribution in [-0.4, -0.2) is 4.98 Å². The summed E-state index contributed by atoms with van der Waals surface area (Å²) in [5.41, 5.74) is 3.47. The van der Waals surface area contributed by atoms with Crippen molar-refractivity contribution in [3.8, 4) is 11.6 Å². The van der Waals surface area contributed by atoms with Gasteiger partial charge in [0.2, 0.25) is 5.88 Å². The molecule has 0 aliphatic rings. The lowest BCUT2D eigenvalue weighted by molar-refractivity contribution is 0.455. The molecule has 0 atom stereocenters. The number of aromatic nitrogens is 1. The zero-order chi connectivity index (χ0) is 12.4. The van der Waals surface area contributed by atoms with Crippen molar-refractivity contribution in [3.63, 3.8) is 0 Å². The minimum Gasteiger partial charge on any atom is -0.438 e. The Morgan fingerprint density at radius 1 is 1.06 bits per heavy atom. The van der Waals surface area contributed by atoms with Crippen molar-refractivity contribution in [1.82, 2.24) is 4.98 Å². The molecule has 0 amide bonds. The van der Waals surface area contributed by atoms with Gasteiger partial charge in [-0.05, 0) is 65.5 Å². The highest BCUT2D eigenvalue weighted by Gasteiger charge is 2.08. The number of benzene rings is 1. The first kappa shape index (κ1) is 12.1. The van der Waals surface area contributed by atoms with E-state index < -0.39 is 0 Å². The maximum Gasteiger partial charge on any atom is 0.233 e. The van der Waals surface area contributed by atoms with Gasteiger partial charge in [-0.2, -0.15) is 0 Å². The van der Waals surface area contributed by atoms with Crippen molar-refractivity contribution in [1.29, 1.82) is 0 Å². The molecule has 17 heavy (non-hydrogen) atoms. The Morgan fingerprint density at radius 2 is 1.82 bits per heavy atom. The van der Waals surface area contributed by atoms with Crippen molar-refractivity contribution >= 4 is 15.9 Å². The van der Waals surface area contributed by atoms with Gasteiger partial charge in [0.05, 0.1) is 4.47 Å². The Labute approximate surface area is 110 Å². The Kier molecular flexibility index (Phi) is 3.48. The van der Waals surface area contributed by atoms with E-state index in [-0.39, 0.29) is 0 Å². The molecular formula is C14H14BrNO. The number of ether oxygens (including phenoxy) is 1. The highest BCUT2D eigenvalue weighted by atomic mass is 79.9. The lowest BCUT2D eigenvalue weighted by Crippen LogP contribution is -1.93. The lowest BCUT2D eigenvalue weighted by Gasteiger charge is -2.11. The van der Waals surface area contributed by atoms with Crippen LogP contribution in [0.15, 0.2) is 34.9 Å². The number of aryl methyl sites for hydroxylation is 2. The second kappa shape index (κ2) is 4.88. The van der Waals surface area contributed by atoms with Gasteiger partial charge in [0.25, 0.3) is 0 Å². The fourth-order valence-corrected chi connectivity index (χ4v) is 1.84. The van der Waals surface area contributed by atoms with Gasteiger partial charge in [0.15, 0.2) is 0 Å². The summed E-state index contributed by atoms with van der Waals surface area (Å²) < 4.78 is 6.75. The molecule has 0 bridgehead atoms. The molecule has 1 aromatic carbocycles. The molecule has 0 aliphatic heterocycles. The molecule has 0 aliphatic carbocycles. The van der Waals surface area contributed by atoms with Crippen molar-refractivity contribution in [3.05, 3.63) is 51.6 Å². The number of rotatable bonds is 2. The van der Waals surface area contributed by atoms with E-state index in [4.69, 9.17) is 4.74 Å². The fraction of sp³-hybridized carbons (Fsp3) is 0.214. The number of pyridine rings is 1. The Balaban J connectivity index is 2.38. The van der Waals surface area contributed by atoms with Crippen LogP contribution in [0.1, 0.15) is 16.7 Å². The molecule has 1 heterocycles. The monoisotopic (exact) mass is 291 g/mol. The summed E-state index contributed by atoms with van der Waals surface area (Å²) >= 11 is 3.49. The predicted octanol–water partition coefficient (Wildman–Crippen LogP) is 4.56. The number of nitrogens with zero attached hydrogens (tertiary/aromatic N) is 1. The third kappa shape index (κ3) is 2.50. The summed E-state index contributed by atoms with van der Waals surface area (Å²) in [6.45, 7) is 6.14. The number of hydrogen-bond donors (Lipinski definition) is 0. The van der Waals surface area contributed by atoms with E-state index in [9.17, 15) is 0 Å². The van der Waals surface area contributed by atoms with Gasteiger partial charge < -0.3 is 4.74 Å². The third-order valence-corrected chi connectivity index (χ3v) is 3.78. The highest BCUT2D eigenvalue weighted by Crippen LogP contribution is 2.31. The Bertz CT molecular complexity index is 502. The second-order valence-electron chi connectivity index (χ2n) is 4.05. The molecule has 3 heteroatoms. The smallest absolute Gasteiger partial charge is 0.233 e. The van der Waals surface area contributed by atoms with Crippen LogP contribution in [0.25, 0.3) is 0 Å². The first-order chi connectivity index (χ1) is 8.09. The number of hydrogen-bond acceptors (Lipinski definition) is 2. The molecule has 0 radical (unpaired) electrons. The van der Waals surface area contributed by atoms with Crippen molar-refractivity contribution in [2.75, 3.05) is 0 Å². The summed E-state index contributed by atoms with van der Waals surface area (Å²) in [4.78, 5) is 4.24. The molecule has 1 aromatic heterocycles. The van der Waals surface area contributed by atoms with Gasteiger partial charge in [0, 0.05) is 6.20 Å². The summed E-state index contributed by atoms with van der Waals surface area (Å²) in [7, 11) is 0. The molecule has 0 saturated heterocycles. The Hall–Kier alpha value is -1.35. The van der Waals surface area contributed by atoms with Gasteiger partial charge in [-0.3, -0.25) is 0 Å². The van der Waals surface area contributed by atoms with E-state index in [0.29, 0.717) is 5.88 Å². The average Bonchev–Trinajstić information content (AvgIpc) is 2.31. The molecular weight excluding hydrogens is 278 g/mol. The molecule has 0 N–H and O–H groups in total. The van der Waals surface area contributed by atoms with E-state index in [0.717, 1.165) is 21.3 Å². The summed E-state index contributed by atoms with van der Waals surface area (Å²) in [5, 5.41) is 0. The van der Waals surface area contributed by atoms with Gasteiger partial charge in [0.1, 0.15) is 5.75 Å². The fourth-order valence-electron chi connectivity index (χ4n) is 1.53. The first-order valence-electron chi connectivity index (χ1n) is 5.45. The van der Waals surface area contributed by atoms with Crippen molar-refractivity contribution < 1.29 is 4.74 Å². The predicted molar refractivity (Wildman–Crippen MR) is 72.7 cm³/mol. The van der Waals surface area contributed by atoms with Crippen molar-refractivity contribution in [2.24, 2.45) is 0 Å². The maximum absolute atomic E-state index is 5.84. The maximum atomic E-state index is 5.84. The van der Waals surface area contributed by atoms with E-state index in [1.807, 2.05) is 32.0 Å². The molecule has 2 nitrogen and oxygen atoms in total. The van der Waals surface area contributed by atoms with E-state index >= 15 is 0 Å². The topological polar surface area (TPSA) is 22.1 Å². The van der Waals surface area contributed by atoms with E-state index in [2.05, 4.69) is 33.9 Å². The average molecular weight is 292 g/mol. The minimum atomic E-state index is 0.610. The summed E-state index contributed by atoms with van der Waals surface area (Å²) in [5.74, 6) is 1.46. The van der Waals surface area contributed by atoms with E-state index in [1.165, 1.54) is 5.56 Å². The Morgan fingerprint density at radius 3 is 2.59 bits per heavy atom. The van der Waals surface area contributed by atoms with Crippen LogP contribution in [0.5, 0.6) is 11.6 Å². The zero-order valence-corrected chi connectivity index (χ0v) is 11.7. The largest absolute Gasteiger partial charge is 0.438 e. The van der Waals surface area contributed by atoms with Gasteiger partial charge >= 0.3 is 0 Å². The van der Waals surface area contributed by atoms with Crippen LogP contribution < -0.4 is 4.74 Å². The third-order valence-electron chi connectivity index (χ3n) is 2.81. The van der Waals surface area contributed by atoms with Crippen LogP contribution in [0.4, 0.5) is 0 Å². The van der Waals surface area contributed by atoms with Gasteiger partial charge in [-0.1, -0.05) is 12.1 Å². The quantitative estimate of drug-likeness (QED) is 0.809. The van der Waals surface area contributed by atoms with E-state index in [1.54, 1.807) is 6.20 Å². The summed E-state index contributed by atoms with van der Waals surface area (Å²) in [6.07, 6.45) is 1.75. The normalized spacial score (nSPS) is 10.4. The van der Waals surface area contributed by atoms with Gasteiger partial charge in [-0.25, -0.2) is 4.98 Å². The standard InChI is InChI=1S/C14H14BrNO/c1-9-5-4-6-12(11(9)3)17-14-13(15)10(2)7-8-16-14/h4-8H,1-3H3. The van der Waals surface area contributed by atoms with Gasteiger partial charge in [-0.15, -0.1) is 0 Å². The molecule has 88 valence electrons. The molecule has 2 rings (SSSR count). The molecule has 2 aromatic rings. The first-order valence-corrected chi connectivity index (χ1v) is 6.24. The number of halogens is 1. The lowest BCUT2D eigenvalue weighted by atomic mass is 10.1. The second-order valence-corrected chi connectivity index (χ2v) is 4.84. The van der Waals surface area contributed by atoms with Crippen LogP contribution in [-0.2, 0) is 0 Å².